The van der Waals surface area contributed by atoms with Crippen LogP contribution in [0, 0.1) is 0 Å². The Morgan fingerprint density at radius 2 is 2.23 bits per heavy atom. The zero-order valence-corrected chi connectivity index (χ0v) is 12.9. The van der Waals surface area contributed by atoms with E-state index in [0.717, 1.165) is 29.3 Å². The lowest BCUT2D eigenvalue weighted by molar-refractivity contribution is 0.0667. The summed E-state index contributed by atoms with van der Waals surface area (Å²) in [6.45, 7) is 2.36. The van der Waals surface area contributed by atoms with Crippen LogP contribution in [-0.2, 0) is 6.54 Å². The molecule has 0 spiro atoms. The number of likely N-dealkylation sites (tertiary alicyclic amines) is 1. The van der Waals surface area contributed by atoms with Crippen molar-refractivity contribution in [2.75, 3.05) is 13.1 Å². The number of hydrogen-bond acceptors (Lipinski definition) is 5. The number of nitrogens with zero attached hydrogens (tertiary/aromatic N) is 2. The fourth-order valence-corrected chi connectivity index (χ4v) is 3.76. The maximum atomic E-state index is 11.3. The van der Waals surface area contributed by atoms with Crippen LogP contribution in [-0.4, -0.2) is 45.3 Å². The topological polar surface area (TPSA) is 73.7 Å². The number of carboxylic acid groups (broad SMARTS) is 1. The van der Waals surface area contributed by atoms with E-state index in [2.05, 4.69) is 9.88 Å². The third kappa shape index (κ3) is 3.35. The van der Waals surface area contributed by atoms with Gasteiger partial charge in [0.25, 0.3) is 0 Å². The Kier molecular flexibility index (Phi) is 4.52. The molecule has 0 unspecified atom stereocenters. The minimum absolute atomic E-state index is 0.249. The molecular formula is C16H18N2O3S. The van der Waals surface area contributed by atoms with Gasteiger partial charge in [0.1, 0.15) is 5.01 Å². The van der Waals surface area contributed by atoms with E-state index in [1.54, 1.807) is 18.3 Å². The van der Waals surface area contributed by atoms with Crippen LogP contribution in [0.15, 0.2) is 30.5 Å². The number of aromatic carboxylic acids is 1. The van der Waals surface area contributed by atoms with Crippen molar-refractivity contribution in [3.8, 4) is 10.4 Å². The quantitative estimate of drug-likeness (QED) is 0.906. The van der Waals surface area contributed by atoms with Crippen molar-refractivity contribution in [2.45, 2.75) is 25.5 Å². The van der Waals surface area contributed by atoms with Gasteiger partial charge >= 0.3 is 5.97 Å². The maximum absolute atomic E-state index is 11.3. The van der Waals surface area contributed by atoms with Gasteiger partial charge in [-0.15, -0.1) is 11.3 Å². The molecule has 1 aromatic heterocycles. The number of aromatic nitrogens is 1. The molecule has 116 valence electrons. The SMILES string of the molecule is O=C(O)c1ccccc1-c1cnc(CN2CCC[C@@H](O)C2)s1. The second-order valence-corrected chi connectivity index (χ2v) is 6.62. The summed E-state index contributed by atoms with van der Waals surface area (Å²) >= 11 is 1.51. The van der Waals surface area contributed by atoms with Gasteiger partial charge in [-0.1, -0.05) is 18.2 Å². The number of carbonyl (C=O) groups is 1. The summed E-state index contributed by atoms with van der Waals surface area (Å²) in [6, 6.07) is 6.98. The average Bonchev–Trinajstić information content (AvgIpc) is 2.95. The molecule has 0 aliphatic carbocycles. The summed E-state index contributed by atoms with van der Waals surface area (Å²) in [5.41, 5.74) is 1.00. The first-order valence-corrected chi connectivity index (χ1v) is 8.13. The molecule has 2 heterocycles. The van der Waals surface area contributed by atoms with Crippen molar-refractivity contribution >= 4 is 17.3 Å². The Morgan fingerprint density at radius 1 is 1.41 bits per heavy atom. The van der Waals surface area contributed by atoms with Gasteiger partial charge in [0, 0.05) is 18.3 Å². The number of β-amino-alcohol motifs (C(OH)–C–C–N with tert-alkyl or cyclic N) is 1. The predicted octanol–water partition coefficient (Wildman–Crippen LogP) is 2.47. The normalized spacial score (nSPS) is 19.2. The van der Waals surface area contributed by atoms with E-state index >= 15 is 0 Å². The number of hydrogen-bond donors (Lipinski definition) is 2. The zero-order chi connectivity index (χ0) is 15.5. The van der Waals surface area contributed by atoms with E-state index in [0.29, 0.717) is 24.2 Å². The van der Waals surface area contributed by atoms with Crippen LogP contribution in [0.5, 0.6) is 0 Å². The second kappa shape index (κ2) is 6.56. The maximum Gasteiger partial charge on any atom is 0.336 e. The smallest absolute Gasteiger partial charge is 0.336 e. The van der Waals surface area contributed by atoms with Crippen molar-refractivity contribution in [3.05, 3.63) is 41.0 Å². The average molecular weight is 318 g/mol. The van der Waals surface area contributed by atoms with Crippen LogP contribution in [0.3, 0.4) is 0 Å². The Labute approximate surface area is 132 Å². The van der Waals surface area contributed by atoms with Gasteiger partial charge in [-0.3, -0.25) is 4.90 Å². The molecule has 5 nitrogen and oxygen atoms in total. The van der Waals surface area contributed by atoms with E-state index < -0.39 is 5.97 Å². The Hall–Kier alpha value is -1.76. The summed E-state index contributed by atoms with van der Waals surface area (Å²) in [5.74, 6) is -0.926. The standard InChI is InChI=1S/C16H18N2O3S/c19-11-4-3-7-18(9-11)10-15-17-8-14(22-15)12-5-1-2-6-13(12)16(20)21/h1-2,5-6,8,11,19H,3-4,7,9-10H2,(H,20,21)/t11-/m1/s1. The number of aliphatic hydroxyl groups is 1. The minimum atomic E-state index is -0.926. The first-order chi connectivity index (χ1) is 10.6. The predicted molar refractivity (Wildman–Crippen MR) is 85.0 cm³/mol. The number of benzene rings is 1. The second-order valence-electron chi connectivity index (χ2n) is 5.50. The first kappa shape index (κ1) is 15.1. The number of piperidine rings is 1. The highest BCUT2D eigenvalue weighted by molar-refractivity contribution is 7.15. The Bertz CT molecular complexity index is 671. The van der Waals surface area contributed by atoms with Crippen molar-refractivity contribution in [3.63, 3.8) is 0 Å². The highest BCUT2D eigenvalue weighted by Gasteiger charge is 2.19. The van der Waals surface area contributed by atoms with E-state index in [9.17, 15) is 15.0 Å². The molecule has 0 amide bonds. The summed E-state index contributed by atoms with van der Waals surface area (Å²) in [6.07, 6.45) is 3.36. The third-order valence-electron chi connectivity index (χ3n) is 3.82. The summed E-state index contributed by atoms with van der Waals surface area (Å²) in [5, 5.41) is 19.9. The lowest BCUT2D eigenvalue weighted by Gasteiger charge is -2.29. The van der Waals surface area contributed by atoms with Gasteiger partial charge in [-0.25, -0.2) is 9.78 Å². The first-order valence-electron chi connectivity index (χ1n) is 7.31. The molecule has 22 heavy (non-hydrogen) atoms. The summed E-state index contributed by atoms with van der Waals surface area (Å²) in [7, 11) is 0. The molecule has 1 aromatic carbocycles. The number of thiazole rings is 1. The third-order valence-corrected chi connectivity index (χ3v) is 4.83. The molecule has 1 aliphatic heterocycles. The fourth-order valence-electron chi connectivity index (χ4n) is 2.76. The molecule has 1 atom stereocenters. The van der Waals surface area contributed by atoms with E-state index in [1.807, 2.05) is 12.1 Å². The van der Waals surface area contributed by atoms with Crippen LogP contribution in [0.2, 0.25) is 0 Å². The molecule has 2 N–H and O–H groups in total. The fraction of sp³-hybridized carbons (Fsp3) is 0.375. The lowest BCUT2D eigenvalue weighted by Crippen LogP contribution is -2.37. The molecule has 0 radical (unpaired) electrons. The molecule has 0 saturated carbocycles. The monoisotopic (exact) mass is 318 g/mol. The van der Waals surface area contributed by atoms with E-state index in [4.69, 9.17) is 0 Å². The largest absolute Gasteiger partial charge is 0.478 e. The molecule has 1 aliphatic rings. The van der Waals surface area contributed by atoms with Gasteiger partial charge in [-0.2, -0.15) is 0 Å². The van der Waals surface area contributed by atoms with Crippen molar-refractivity contribution in [1.29, 1.82) is 0 Å². The number of carboxylic acids is 1. The molecule has 1 saturated heterocycles. The van der Waals surface area contributed by atoms with Crippen LogP contribution >= 0.6 is 11.3 Å². The van der Waals surface area contributed by atoms with Crippen LogP contribution in [0.1, 0.15) is 28.2 Å². The summed E-state index contributed by atoms with van der Waals surface area (Å²) in [4.78, 5) is 18.8. The van der Waals surface area contributed by atoms with Crippen molar-refractivity contribution in [2.24, 2.45) is 0 Å². The van der Waals surface area contributed by atoms with E-state index in [-0.39, 0.29) is 6.10 Å². The molecule has 1 fully saturated rings. The summed E-state index contributed by atoms with van der Waals surface area (Å²) < 4.78 is 0. The number of aliphatic hydroxyl groups excluding tert-OH is 1. The van der Waals surface area contributed by atoms with Gasteiger partial charge in [0.2, 0.25) is 0 Å². The van der Waals surface area contributed by atoms with Crippen molar-refractivity contribution < 1.29 is 15.0 Å². The lowest BCUT2D eigenvalue weighted by atomic mass is 10.1. The molecular weight excluding hydrogens is 300 g/mol. The van der Waals surface area contributed by atoms with Crippen LogP contribution in [0.25, 0.3) is 10.4 Å². The Morgan fingerprint density at radius 3 is 3.00 bits per heavy atom. The van der Waals surface area contributed by atoms with Gasteiger partial charge in [-0.05, 0) is 25.5 Å². The van der Waals surface area contributed by atoms with Crippen LogP contribution in [0.4, 0.5) is 0 Å². The van der Waals surface area contributed by atoms with E-state index in [1.165, 1.54) is 11.3 Å². The minimum Gasteiger partial charge on any atom is -0.478 e. The Balaban J connectivity index is 1.78. The molecule has 2 aromatic rings. The van der Waals surface area contributed by atoms with Gasteiger partial charge in [0.15, 0.2) is 0 Å². The zero-order valence-electron chi connectivity index (χ0n) is 12.1. The molecule has 6 heteroatoms. The molecule has 3 rings (SSSR count). The van der Waals surface area contributed by atoms with Gasteiger partial charge < -0.3 is 10.2 Å². The van der Waals surface area contributed by atoms with Crippen molar-refractivity contribution in [1.82, 2.24) is 9.88 Å². The highest BCUT2D eigenvalue weighted by atomic mass is 32.1. The highest BCUT2D eigenvalue weighted by Crippen LogP contribution is 2.30. The van der Waals surface area contributed by atoms with Crippen LogP contribution < -0.4 is 0 Å². The van der Waals surface area contributed by atoms with Gasteiger partial charge in [0.05, 0.1) is 23.1 Å². The molecule has 0 bridgehead atoms. The number of rotatable bonds is 4.